The largest absolute Gasteiger partial charge is 0.392 e. The van der Waals surface area contributed by atoms with Crippen LogP contribution in [0.15, 0.2) is 18.3 Å². The summed E-state index contributed by atoms with van der Waals surface area (Å²) < 4.78 is 1.53. The molecule has 0 radical (unpaired) electrons. The molecular formula is C11H14N4O2. The summed E-state index contributed by atoms with van der Waals surface area (Å²) in [4.78, 5) is 15.7. The highest BCUT2D eigenvalue weighted by Crippen LogP contribution is 2.11. The number of rotatable bonds is 3. The van der Waals surface area contributed by atoms with Gasteiger partial charge in [-0.1, -0.05) is 19.9 Å². The number of hydrogen-bond donors (Lipinski definition) is 2. The first kappa shape index (κ1) is 11.5. The van der Waals surface area contributed by atoms with Crippen LogP contribution in [-0.4, -0.2) is 25.6 Å². The molecule has 0 unspecified atom stereocenters. The van der Waals surface area contributed by atoms with Crippen molar-refractivity contribution in [2.45, 2.75) is 20.5 Å². The van der Waals surface area contributed by atoms with Crippen LogP contribution in [0.4, 0.5) is 5.95 Å². The number of aliphatic hydroxyl groups excluding tert-OH is 1. The molecule has 17 heavy (non-hydrogen) atoms. The van der Waals surface area contributed by atoms with E-state index in [2.05, 4.69) is 15.4 Å². The SMILES string of the molecule is CC(C)C(=O)Nc1nc2c(CO)cccn2n1. The highest BCUT2D eigenvalue weighted by atomic mass is 16.3. The minimum absolute atomic E-state index is 0.111. The summed E-state index contributed by atoms with van der Waals surface area (Å²) in [7, 11) is 0. The lowest BCUT2D eigenvalue weighted by molar-refractivity contribution is -0.118. The summed E-state index contributed by atoms with van der Waals surface area (Å²) in [6.45, 7) is 3.48. The van der Waals surface area contributed by atoms with Crippen molar-refractivity contribution < 1.29 is 9.90 Å². The maximum atomic E-state index is 11.5. The predicted octanol–water partition coefficient (Wildman–Crippen LogP) is 0.816. The third kappa shape index (κ3) is 2.26. The molecule has 0 saturated carbocycles. The molecule has 90 valence electrons. The molecule has 2 rings (SSSR count). The zero-order chi connectivity index (χ0) is 12.4. The van der Waals surface area contributed by atoms with E-state index in [9.17, 15) is 4.79 Å². The van der Waals surface area contributed by atoms with Crippen LogP contribution in [0.3, 0.4) is 0 Å². The van der Waals surface area contributed by atoms with Crippen LogP contribution in [0.1, 0.15) is 19.4 Å². The Balaban J connectivity index is 2.35. The molecule has 0 saturated heterocycles. The molecule has 6 nitrogen and oxygen atoms in total. The van der Waals surface area contributed by atoms with Gasteiger partial charge in [0.25, 0.3) is 0 Å². The monoisotopic (exact) mass is 234 g/mol. The normalized spacial score (nSPS) is 11.1. The van der Waals surface area contributed by atoms with Gasteiger partial charge in [-0.15, -0.1) is 5.10 Å². The van der Waals surface area contributed by atoms with Crippen molar-refractivity contribution in [3.05, 3.63) is 23.9 Å². The second kappa shape index (κ2) is 4.50. The van der Waals surface area contributed by atoms with Crippen LogP contribution in [0, 0.1) is 5.92 Å². The number of nitrogens with zero attached hydrogens (tertiary/aromatic N) is 3. The highest BCUT2D eigenvalue weighted by Gasteiger charge is 2.12. The number of nitrogens with one attached hydrogen (secondary N) is 1. The number of fused-ring (bicyclic) bond motifs is 1. The van der Waals surface area contributed by atoms with E-state index in [-0.39, 0.29) is 24.4 Å². The topological polar surface area (TPSA) is 79.5 Å². The van der Waals surface area contributed by atoms with Gasteiger partial charge in [0.2, 0.25) is 11.9 Å². The maximum Gasteiger partial charge on any atom is 0.249 e. The van der Waals surface area contributed by atoms with E-state index >= 15 is 0 Å². The summed E-state index contributed by atoms with van der Waals surface area (Å²) >= 11 is 0. The van der Waals surface area contributed by atoms with Gasteiger partial charge in [-0.25, -0.2) is 4.52 Å². The Bertz CT molecular complexity index is 547. The van der Waals surface area contributed by atoms with Gasteiger partial charge in [-0.05, 0) is 6.07 Å². The van der Waals surface area contributed by atoms with Crippen molar-refractivity contribution >= 4 is 17.5 Å². The van der Waals surface area contributed by atoms with Crippen LogP contribution >= 0.6 is 0 Å². The van der Waals surface area contributed by atoms with Crippen LogP contribution < -0.4 is 5.32 Å². The molecule has 0 bridgehead atoms. The first-order valence-corrected chi connectivity index (χ1v) is 5.38. The molecule has 2 aromatic heterocycles. The molecule has 0 fully saturated rings. The fraction of sp³-hybridized carbons (Fsp3) is 0.364. The second-order valence-electron chi connectivity index (χ2n) is 4.04. The molecule has 0 spiro atoms. The number of amides is 1. The maximum absolute atomic E-state index is 11.5. The Morgan fingerprint density at radius 1 is 1.59 bits per heavy atom. The van der Waals surface area contributed by atoms with Crippen molar-refractivity contribution in [2.24, 2.45) is 5.92 Å². The molecule has 2 N–H and O–H groups in total. The fourth-order valence-corrected chi connectivity index (χ4v) is 1.39. The van der Waals surface area contributed by atoms with Crippen molar-refractivity contribution in [1.82, 2.24) is 14.6 Å². The van der Waals surface area contributed by atoms with E-state index in [0.29, 0.717) is 11.2 Å². The summed E-state index contributed by atoms with van der Waals surface area (Å²) in [5, 5.41) is 15.9. The van der Waals surface area contributed by atoms with E-state index in [0.717, 1.165) is 0 Å². The first-order valence-electron chi connectivity index (χ1n) is 5.38. The molecule has 2 aromatic rings. The van der Waals surface area contributed by atoms with Crippen LogP contribution in [-0.2, 0) is 11.4 Å². The lowest BCUT2D eigenvalue weighted by Crippen LogP contribution is -2.18. The quantitative estimate of drug-likeness (QED) is 0.823. The van der Waals surface area contributed by atoms with E-state index < -0.39 is 0 Å². The third-order valence-corrected chi connectivity index (χ3v) is 2.37. The average molecular weight is 234 g/mol. The Morgan fingerprint density at radius 3 is 3.00 bits per heavy atom. The summed E-state index contributed by atoms with van der Waals surface area (Å²) in [6.07, 6.45) is 1.71. The number of carbonyl (C=O) groups excluding carboxylic acids is 1. The second-order valence-corrected chi connectivity index (χ2v) is 4.04. The fourth-order valence-electron chi connectivity index (χ4n) is 1.39. The number of carbonyl (C=O) groups is 1. The standard InChI is InChI=1S/C11H14N4O2/c1-7(2)10(17)13-11-12-9-8(6-16)4-3-5-15(9)14-11/h3-5,7,16H,6H2,1-2H3,(H,13,14,17). The van der Waals surface area contributed by atoms with E-state index in [1.165, 1.54) is 4.52 Å². The van der Waals surface area contributed by atoms with Gasteiger partial charge in [-0.3, -0.25) is 10.1 Å². The van der Waals surface area contributed by atoms with Gasteiger partial charge in [0, 0.05) is 17.7 Å². The number of aromatic nitrogens is 3. The molecule has 0 aliphatic rings. The van der Waals surface area contributed by atoms with Gasteiger partial charge < -0.3 is 5.11 Å². The Morgan fingerprint density at radius 2 is 2.35 bits per heavy atom. The predicted molar refractivity (Wildman–Crippen MR) is 62.4 cm³/mol. The van der Waals surface area contributed by atoms with Crippen LogP contribution in [0.5, 0.6) is 0 Å². The highest BCUT2D eigenvalue weighted by molar-refractivity contribution is 5.90. The molecular weight excluding hydrogens is 220 g/mol. The molecule has 0 aromatic carbocycles. The molecule has 0 aliphatic carbocycles. The van der Waals surface area contributed by atoms with Gasteiger partial charge >= 0.3 is 0 Å². The molecule has 0 atom stereocenters. The lowest BCUT2D eigenvalue weighted by Gasteiger charge is -2.01. The summed E-state index contributed by atoms with van der Waals surface area (Å²) in [5.41, 5.74) is 1.22. The zero-order valence-electron chi connectivity index (χ0n) is 9.71. The van der Waals surface area contributed by atoms with Crippen molar-refractivity contribution in [1.29, 1.82) is 0 Å². The Hall–Kier alpha value is -1.95. The lowest BCUT2D eigenvalue weighted by atomic mass is 10.2. The van der Waals surface area contributed by atoms with E-state index in [1.807, 2.05) is 0 Å². The zero-order valence-corrected chi connectivity index (χ0v) is 9.71. The van der Waals surface area contributed by atoms with Crippen molar-refractivity contribution in [2.75, 3.05) is 5.32 Å². The van der Waals surface area contributed by atoms with Gasteiger partial charge in [0.15, 0.2) is 5.65 Å². The van der Waals surface area contributed by atoms with Gasteiger partial charge in [-0.2, -0.15) is 4.98 Å². The van der Waals surface area contributed by atoms with E-state index in [4.69, 9.17) is 5.11 Å². The molecule has 2 heterocycles. The number of anilines is 1. The van der Waals surface area contributed by atoms with Crippen molar-refractivity contribution in [3.63, 3.8) is 0 Å². The third-order valence-electron chi connectivity index (χ3n) is 2.37. The average Bonchev–Trinajstić information content (AvgIpc) is 2.70. The number of aliphatic hydroxyl groups is 1. The number of pyridine rings is 1. The van der Waals surface area contributed by atoms with Crippen LogP contribution in [0.2, 0.25) is 0 Å². The van der Waals surface area contributed by atoms with Gasteiger partial charge in [0.05, 0.1) is 6.61 Å². The first-order chi connectivity index (χ1) is 8.11. The van der Waals surface area contributed by atoms with Crippen molar-refractivity contribution in [3.8, 4) is 0 Å². The smallest absolute Gasteiger partial charge is 0.249 e. The van der Waals surface area contributed by atoms with Crippen LogP contribution in [0.25, 0.3) is 5.65 Å². The minimum Gasteiger partial charge on any atom is -0.392 e. The minimum atomic E-state index is -0.133. The summed E-state index contributed by atoms with van der Waals surface area (Å²) in [6, 6.07) is 3.53. The Kier molecular flexibility index (Phi) is 3.06. The molecule has 6 heteroatoms. The van der Waals surface area contributed by atoms with E-state index in [1.54, 1.807) is 32.2 Å². The Labute approximate surface area is 98.3 Å². The summed E-state index contributed by atoms with van der Waals surface area (Å²) in [5.74, 6) is -0.00465. The molecule has 1 amide bonds. The van der Waals surface area contributed by atoms with Gasteiger partial charge in [0.1, 0.15) is 0 Å². The molecule has 0 aliphatic heterocycles. The number of hydrogen-bond acceptors (Lipinski definition) is 4.